The number of anilines is 1. The predicted molar refractivity (Wildman–Crippen MR) is 349 cm³/mol. The first-order valence-corrected chi connectivity index (χ1v) is 32.1. The second-order valence-corrected chi connectivity index (χ2v) is 24.8. The van der Waals surface area contributed by atoms with Gasteiger partial charge in [-0.05, 0) is 84.9 Å². The van der Waals surface area contributed by atoms with Gasteiger partial charge in [0.05, 0.1) is 54.9 Å². The minimum Gasteiger partial charge on any atom is -0.478 e. The lowest BCUT2D eigenvalue weighted by Crippen LogP contribution is -2.63. The van der Waals surface area contributed by atoms with Crippen molar-refractivity contribution in [3.8, 4) is 0 Å². The average Bonchev–Trinajstić information content (AvgIpc) is 0.918. The van der Waals surface area contributed by atoms with Gasteiger partial charge in [0, 0.05) is 59.5 Å². The number of carboxylic acids is 1. The van der Waals surface area contributed by atoms with Crippen molar-refractivity contribution in [2.24, 2.45) is 23.0 Å². The Kier molecular flexibility index (Phi) is 30.2. The number of carbonyl (C=O) groups excluding carboxylic acids is 8. The lowest BCUT2D eigenvalue weighted by atomic mass is 9.75. The van der Waals surface area contributed by atoms with Crippen LogP contribution in [-0.2, 0) is 65.7 Å². The molecular weight excluding hydrogens is 1290 g/mol. The number of urea groups is 1. The molecule has 0 aliphatic carbocycles. The number of likely N-dealkylation sites (N-methyl/N-ethyl adjacent to an activating group) is 1. The molecule has 1 aromatic heterocycles. The molecule has 492 valence electrons. The molecule has 0 fully saturated rings. The van der Waals surface area contributed by atoms with E-state index in [1.165, 1.54) is 24.9 Å². The topological polar surface area (TPSA) is 341 Å². The van der Waals surface area contributed by atoms with E-state index in [0.717, 1.165) is 17.0 Å². The van der Waals surface area contributed by atoms with Crippen LogP contribution < -0.4 is 43.0 Å². The van der Waals surface area contributed by atoms with E-state index in [4.69, 9.17) is 19.9 Å². The molecule has 0 aliphatic heterocycles. The van der Waals surface area contributed by atoms with Gasteiger partial charge >= 0.3 is 18.1 Å². The smallest absolute Gasteiger partial charge is 0.410 e. The molecule has 24 nitrogen and oxygen atoms in total. The number of nitrogens with one attached hydrogen (secondary N) is 7. The molecule has 3 aromatic carbocycles. The van der Waals surface area contributed by atoms with Crippen LogP contribution in [0.3, 0.4) is 0 Å². The number of primary amides is 1. The fourth-order valence-electron chi connectivity index (χ4n) is 9.45. The first-order valence-electron chi connectivity index (χ1n) is 29.9. The fraction of sp³-hybridized carbons (Fsp3) is 0.516. The molecule has 4 aromatic rings. The van der Waals surface area contributed by atoms with E-state index in [0.29, 0.717) is 44.9 Å². The minimum atomic E-state index is -1.23. The molecule has 26 heteroatoms. The summed E-state index contributed by atoms with van der Waals surface area (Å²) in [6, 6.07) is 14.7. The Morgan fingerprint density at radius 2 is 1.36 bits per heavy atom. The number of aliphatic carboxylic acids is 1. The van der Waals surface area contributed by atoms with Gasteiger partial charge in [0.25, 0.3) is 5.91 Å². The maximum absolute atomic E-state index is 14.8. The number of hydrogen-bond acceptors (Lipinski definition) is 14. The van der Waals surface area contributed by atoms with E-state index < -0.39 is 94.6 Å². The van der Waals surface area contributed by atoms with E-state index >= 15 is 0 Å². The van der Waals surface area contributed by atoms with Gasteiger partial charge in [-0.3, -0.25) is 33.7 Å². The summed E-state index contributed by atoms with van der Waals surface area (Å²) in [5.41, 5.74) is 8.36. The number of aromatic nitrogens is 2. The number of rotatable bonds is 36. The van der Waals surface area contributed by atoms with Gasteiger partial charge in [0.1, 0.15) is 30.8 Å². The molecule has 0 aliphatic rings. The number of nitrogens with two attached hydrogens (primary N) is 1. The van der Waals surface area contributed by atoms with Crippen LogP contribution in [0.15, 0.2) is 84.4 Å². The Hall–Kier alpha value is -7.55. The number of benzene rings is 3. The fourth-order valence-corrected chi connectivity index (χ4v) is 10.3. The van der Waals surface area contributed by atoms with Gasteiger partial charge in [-0.1, -0.05) is 143 Å². The molecular formula is C64H89Br2N11O13. The van der Waals surface area contributed by atoms with E-state index in [1.807, 2.05) is 78.8 Å². The molecule has 0 saturated heterocycles. The molecule has 10 N–H and O–H groups in total. The summed E-state index contributed by atoms with van der Waals surface area (Å²) in [6.07, 6.45) is 1.34. The predicted octanol–water partition coefficient (Wildman–Crippen LogP) is 7.29. The highest BCUT2D eigenvalue weighted by molar-refractivity contribution is 9.09. The maximum Gasteiger partial charge on any atom is 0.410 e. The van der Waals surface area contributed by atoms with Gasteiger partial charge in [-0.15, -0.1) is 0 Å². The van der Waals surface area contributed by atoms with E-state index in [9.17, 15) is 48.3 Å². The zero-order chi connectivity index (χ0) is 66.9. The molecule has 1 heterocycles. The van der Waals surface area contributed by atoms with Gasteiger partial charge in [0.15, 0.2) is 0 Å². The summed E-state index contributed by atoms with van der Waals surface area (Å²) in [4.78, 5) is 130. The first-order chi connectivity index (χ1) is 42.5. The SMILES string of the molecule is CCC(C)(C)[C@H](NC(=O)[C@@H](N(C)C(=O)OCc1ccc(NC(=O)[C@H](CCCNC(N)=O)NC(=O)[C@@H](NC(=O)CCOCCOCCNC(=O)c2ccc3nc(CBr)c(CBr)nc3c2)C(C)C)cc1)C(C)(C)c1ccccc1)C(=O)N[C@H](/C=C(\C)C(=O)O)C(C)C. The van der Waals surface area contributed by atoms with Gasteiger partial charge in [-0.2, -0.15) is 0 Å². The van der Waals surface area contributed by atoms with Crippen molar-refractivity contribution in [1.29, 1.82) is 0 Å². The Balaban J connectivity index is 1.34. The maximum atomic E-state index is 14.8. The van der Waals surface area contributed by atoms with Crippen molar-refractivity contribution >= 4 is 102 Å². The number of nitrogens with zero attached hydrogens (tertiary/aromatic N) is 3. The number of halogens is 2. The Morgan fingerprint density at radius 1 is 0.722 bits per heavy atom. The summed E-state index contributed by atoms with van der Waals surface area (Å²) in [5, 5.41) is 30.2. The van der Waals surface area contributed by atoms with E-state index in [-0.39, 0.29) is 82.8 Å². The summed E-state index contributed by atoms with van der Waals surface area (Å²) in [7, 11) is 1.44. The number of carboxylic acid groups (broad SMARTS) is 1. The lowest BCUT2D eigenvalue weighted by Gasteiger charge is -2.41. The van der Waals surface area contributed by atoms with Crippen LogP contribution in [0.4, 0.5) is 15.3 Å². The number of alkyl halides is 2. The van der Waals surface area contributed by atoms with Crippen LogP contribution in [0, 0.1) is 17.3 Å². The van der Waals surface area contributed by atoms with Gasteiger partial charge < -0.3 is 62.3 Å². The number of hydrogen-bond donors (Lipinski definition) is 9. The second kappa shape index (κ2) is 36.3. The van der Waals surface area contributed by atoms with Crippen LogP contribution in [0.1, 0.15) is 128 Å². The van der Waals surface area contributed by atoms with Crippen molar-refractivity contribution in [3.05, 3.63) is 113 Å². The van der Waals surface area contributed by atoms with Crippen LogP contribution >= 0.6 is 31.9 Å². The lowest BCUT2D eigenvalue weighted by molar-refractivity contribution is -0.135. The number of ether oxygens (including phenoxy) is 3. The summed E-state index contributed by atoms with van der Waals surface area (Å²) < 4.78 is 17.0. The molecule has 0 radical (unpaired) electrons. The zero-order valence-corrected chi connectivity index (χ0v) is 56.4. The van der Waals surface area contributed by atoms with Crippen LogP contribution in [0.2, 0.25) is 0 Å². The summed E-state index contributed by atoms with van der Waals surface area (Å²) in [5.74, 6) is -4.84. The quantitative estimate of drug-likeness (QED) is 0.0123. The Bertz CT molecular complexity index is 3130. The standard InChI is InChI=1S/C64H89Br2N11O13/c1-12-63(7,8)53(58(82)74-47(38(2)3)33-40(6)60(84)85)76-59(83)54(64(9,10)43-17-14-13-15-18-43)77(11)62(87)90-37-41-20-23-44(24-21-41)70-56(80)46(19-16-27-69-61(67)86)73-57(81)52(39(4)5)75-51(78)26-29-88-31-32-89-30-28-68-55(79)42-22-25-45-48(34-42)72-50(36-66)49(35-65)71-45/h13-15,17-18,20-25,33-34,38-39,46-47,52-54H,12,16,19,26-32,35-37H2,1-11H3,(H,68,79)(H,70,80)(H,73,81)(H,74,82)(H,75,78)(H,76,83)(H,84,85)(H3,67,69,86)/b40-33+/t46-,47+,52-,53+,54+/m0/s1. The summed E-state index contributed by atoms with van der Waals surface area (Å²) >= 11 is 6.86. The van der Waals surface area contributed by atoms with E-state index in [1.54, 1.807) is 56.3 Å². The molecule has 0 saturated carbocycles. The van der Waals surface area contributed by atoms with Crippen molar-refractivity contribution in [1.82, 2.24) is 46.8 Å². The summed E-state index contributed by atoms with van der Waals surface area (Å²) in [6.45, 7) is 18.5. The number of carbonyl (C=O) groups is 9. The molecule has 5 atom stereocenters. The molecule has 0 unspecified atom stereocenters. The highest BCUT2D eigenvalue weighted by atomic mass is 79.9. The van der Waals surface area contributed by atoms with Gasteiger partial charge in [-0.25, -0.2) is 24.4 Å². The van der Waals surface area contributed by atoms with Crippen LogP contribution in [0.5, 0.6) is 0 Å². The third-order valence-corrected chi connectivity index (χ3v) is 16.4. The van der Waals surface area contributed by atoms with Crippen molar-refractivity contribution in [3.63, 3.8) is 0 Å². The second-order valence-electron chi connectivity index (χ2n) is 23.7. The van der Waals surface area contributed by atoms with Crippen molar-refractivity contribution in [2.75, 3.05) is 51.9 Å². The Labute approximate surface area is 543 Å². The zero-order valence-electron chi connectivity index (χ0n) is 53.3. The van der Waals surface area contributed by atoms with Crippen LogP contribution in [-0.4, -0.2) is 150 Å². The third-order valence-electron chi connectivity index (χ3n) is 15.3. The highest BCUT2D eigenvalue weighted by Crippen LogP contribution is 2.33. The van der Waals surface area contributed by atoms with Crippen molar-refractivity contribution in [2.45, 2.75) is 148 Å². The molecule has 4 rings (SSSR count). The molecule has 0 bridgehead atoms. The molecule has 9 amide bonds. The minimum absolute atomic E-state index is 0.0273. The highest BCUT2D eigenvalue weighted by Gasteiger charge is 2.45. The first kappa shape index (κ1) is 74.9. The Morgan fingerprint density at radius 3 is 1.94 bits per heavy atom. The monoisotopic (exact) mass is 1380 g/mol. The number of fused-ring (bicyclic) bond motifs is 1. The average molecular weight is 1380 g/mol. The van der Waals surface area contributed by atoms with E-state index in [2.05, 4.69) is 79.0 Å². The third kappa shape index (κ3) is 23.0. The largest absolute Gasteiger partial charge is 0.478 e. The van der Waals surface area contributed by atoms with Crippen molar-refractivity contribution < 1.29 is 62.5 Å². The molecule has 0 spiro atoms. The van der Waals surface area contributed by atoms with Gasteiger partial charge in [0.2, 0.25) is 29.5 Å². The normalized spacial score (nSPS) is 13.5. The number of amides is 9. The molecule has 90 heavy (non-hydrogen) atoms. The van der Waals surface area contributed by atoms with Crippen LogP contribution in [0.25, 0.3) is 11.0 Å².